The van der Waals surface area contributed by atoms with Gasteiger partial charge in [-0.05, 0) is 17.9 Å². The third-order valence-corrected chi connectivity index (χ3v) is 4.10. The van der Waals surface area contributed by atoms with Gasteiger partial charge in [0.15, 0.2) is 0 Å². The molecule has 0 aliphatic carbocycles. The summed E-state index contributed by atoms with van der Waals surface area (Å²) in [6, 6.07) is 21.9. The molecule has 0 aliphatic rings. The van der Waals surface area contributed by atoms with Gasteiger partial charge in [-0.1, -0.05) is 61.5 Å². The average molecular weight is 259 g/mol. The molecule has 0 saturated carbocycles. The van der Waals surface area contributed by atoms with Crippen LogP contribution in [0, 0.1) is 0 Å². The second-order valence-electron chi connectivity index (χ2n) is 5.35. The largest absolute Gasteiger partial charge is 0.340 e. The van der Waals surface area contributed by atoms with Crippen molar-refractivity contribution in [2.24, 2.45) is 0 Å². The van der Waals surface area contributed by atoms with Gasteiger partial charge in [0.05, 0.1) is 5.52 Å². The lowest BCUT2D eigenvalue weighted by atomic mass is 10.1. The Morgan fingerprint density at radius 1 is 0.750 bits per heavy atom. The van der Waals surface area contributed by atoms with E-state index in [2.05, 4.69) is 72.2 Å². The number of para-hydroxylation sites is 1. The summed E-state index contributed by atoms with van der Waals surface area (Å²) < 4.78 is 2.48. The maximum atomic E-state index is 2.48. The van der Waals surface area contributed by atoms with Crippen molar-refractivity contribution < 1.29 is 0 Å². The first-order valence-electron chi connectivity index (χ1n) is 7.29. The highest BCUT2D eigenvalue weighted by molar-refractivity contribution is 6.17. The van der Waals surface area contributed by atoms with Crippen molar-refractivity contribution in [3.8, 4) is 0 Å². The molecule has 4 aromatic rings. The van der Waals surface area contributed by atoms with Gasteiger partial charge in [0.2, 0.25) is 0 Å². The Kier molecular flexibility index (Phi) is 2.53. The van der Waals surface area contributed by atoms with Gasteiger partial charge < -0.3 is 4.57 Å². The molecule has 0 amide bonds. The van der Waals surface area contributed by atoms with Crippen LogP contribution in [-0.4, -0.2) is 4.57 Å². The van der Waals surface area contributed by atoms with E-state index in [-0.39, 0.29) is 0 Å². The predicted octanol–water partition coefficient (Wildman–Crippen LogP) is 5.36. The second-order valence-corrected chi connectivity index (χ2v) is 5.35. The highest BCUT2D eigenvalue weighted by atomic mass is 15.0. The van der Waals surface area contributed by atoms with Crippen molar-refractivity contribution in [2.45, 2.75) is 19.9 Å². The maximum absolute atomic E-state index is 2.48. The van der Waals surface area contributed by atoms with E-state index >= 15 is 0 Å². The van der Waals surface area contributed by atoms with E-state index in [1.807, 2.05) is 0 Å². The van der Waals surface area contributed by atoms with Crippen molar-refractivity contribution in [3.05, 3.63) is 60.7 Å². The SMILES string of the molecule is CCCn1c2ccccc2c2ccc3ccccc3c21. The molecule has 1 nitrogen and oxygen atoms in total. The third kappa shape index (κ3) is 1.50. The number of rotatable bonds is 2. The summed E-state index contributed by atoms with van der Waals surface area (Å²) in [5.41, 5.74) is 2.73. The van der Waals surface area contributed by atoms with Crippen LogP contribution in [0.1, 0.15) is 13.3 Å². The quantitative estimate of drug-likeness (QED) is 0.457. The summed E-state index contributed by atoms with van der Waals surface area (Å²) in [5.74, 6) is 0. The molecule has 0 spiro atoms. The Bertz CT molecular complexity index is 915. The van der Waals surface area contributed by atoms with Gasteiger partial charge >= 0.3 is 0 Å². The zero-order chi connectivity index (χ0) is 13.5. The molecule has 0 radical (unpaired) electrons. The molecule has 0 bridgehead atoms. The first-order chi connectivity index (χ1) is 9.90. The standard InChI is InChI=1S/C19H17N/c1-2-13-20-18-10-6-5-9-16(18)17-12-11-14-7-3-4-8-15(14)19(17)20/h3-12H,2,13H2,1H3. The van der Waals surface area contributed by atoms with E-state index in [9.17, 15) is 0 Å². The number of benzene rings is 3. The Morgan fingerprint density at radius 2 is 1.50 bits per heavy atom. The van der Waals surface area contributed by atoms with E-state index in [1.165, 1.54) is 32.6 Å². The smallest absolute Gasteiger partial charge is 0.0571 e. The number of hydrogen-bond donors (Lipinski definition) is 0. The van der Waals surface area contributed by atoms with Crippen molar-refractivity contribution >= 4 is 32.6 Å². The molecule has 20 heavy (non-hydrogen) atoms. The molecule has 1 heterocycles. The van der Waals surface area contributed by atoms with Crippen molar-refractivity contribution in [3.63, 3.8) is 0 Å². The zero-order valence-electron chi connectivity index (χ0n) is 11.6. The lowest BCUT2D eigenvalue weighted by molar-refractivity contribution is 0.725. The highest BCUT2D eigenvalue weighted by Gasteiger charge is 2.11. The van der Waals surface area contributed by atoms with Crippen LogP contribution in [0.15, 0.2) is 60.7 Å². The van der Waals surface area contributed by atoms with Crippen LogP contribution in [-0.2, 0) is 6.54 Å². The second kappa shape index (κ2) is 4.38. The number of hydrogen-bond acceptors (Lipinski definition) is 0. The number of aryl methyl sites for hydroxylation is 1. The van der Waals surface area contributed by atoms with Crippen LogP contribution in [0.4, 0.5) is 0 Å². The van der Waals surface area contributed by atoms with E-state index < -0.39 is 0 Å². The van der Waals surface area contributed by atoms with Gasteiger partial charge in [-0.3, -0.25) is 0 Å². The van der Waals surface area contributed by atoms with Crippen LogP contribution in [0.5, 0.6) is 0 Å². The highest BCUT2D eigenvalue weighted by Crippen LogP contribution is 2.34. The minimum Gasteiger partial charge on any atom is -0.340 e. The Morgan fingerprint density at radius 3 is 2.35 bits per heavy atom. The summed E-state index contributed by atoms with van der Waals surface area (Å²) in [4.78, 5) is 0. The maximum Gasteiger partial charge on any atom is 0.0571 e. The van der Waals surface area contributed by atoms with Crippen LogP contribution in [0.25, 0.3) is 32.6 Å². The molecular formula is C19H17N. The average Bonchev–Trinajstić information content (AvgIpc) is 2.83. The van der Waals surface area contributed by atoms with E-state index in [1.54, 1.807) is 0 Å². The molecule has 0 fully saturated rings. The van der Waals surface area contributed by atoms with Crippen molar-refractivity contribution in [2.75, 3.05) is 0 Å². The molecule has 1 heteroatoms. The first-order valence-corrected chi connectivity index (χ1v) is 7.29. The van der Waals surface area contributed by atoms with Crippen LogP contribution < -0.4 is 0 Å². The van der Waals surface area contributed by atoms with Crippen LogP contribution in [0.2, 0.25) is 0 Å². The van der Waals surface area contributed by atoms with Crippen LogP contribution >= 0.6 is 0 Å². The normalized spacial score (nSPS) is 11.7. The van der Waals surface area contributed by atoms with E-state index in [0.717, 1.165) is 13.0 Å². The van der Waals surface area contributed by atoms with Gasteiger partial charge in [-0.2, -0.15) is 0 Å². The molecule has 0 aliphatic heterocycles. The molecule has 1 aromatic heterocycles. The number of aromatic nitrogens is 1. The molecule has 0 atom stereocenters. The number of fused-ring (bicyclic) bond motifs is 5. The first kappa shape index (κ1) is 11.5. The Balaban J connectivity index is 2.29. The Labute approximate surface area is 118 Å². The monoisotopic (exact) mass is 259 g/mol. The predicted molar refractivity (Wildman–Crippen MR) is 87.2 cm³/mol. The molecule has 0 N–H and O–H groups in total. The van der Waals surface area contributed by atoms with Gasteiger partial charge in [-0.25, -0.2) is 0 Å². The fourth-order valence-corrected chi connectivity index (χ4v) is 3.28. The molecular weight excluding hydrogens is 242 g/mol. The molecule has 4 rings (SSSR count). The molecule has 3 aromatic carbocycles. The van der Waals surface area contributed by atoms with Gasteiger partial charge in [-0.15, -0.1) is 0 Å². The lowest BCUT2D eigenvalue weighted by Gasteiger charge is -2.07. The third-order valence-electron chi connectivity index (χ3n) is 4.10. The molecule has 98 valence electrons. The summed E-state index contributed by atoms with van der Waals surface area (Å²) in [6.07, 6.45) is 1.15. The number of nitrogens with zero attached hydrogens (tertiary/aromatic N) is 1. The summed E-state index contributed by atoms with van der Waals surface area (Å²) in [5, 5.41) is 5.41. The minimum atomic E-state index is 1.07. The summed E-state index contributed by atoms with van der Waals surface area (Å²) in [6.45, 7) is 3.31. The summed E-state index contributed by atoms with van der Waals surface area (Å²) >= 11 is 0. The topological polar surface area (TPSA) is 4.93 Å². The van der Waals surface area contributed by atoms with Crippen molar-refractivity contribution in [1.82, 2.24) is 4.57 Å². The lowest BCUT2D eigenvalue weighted by Crippen LogP contribution is -1.96. The molecule has 0 unspecified atom stereocenters. The van der Waals surface area contributed by atoms with Crippen LogP contribution in [0.3, 0.4) is 0 Å². The fraction of sp³-hybridized carbons (Fsp3) is 0.158. The van der Waals surface area contributed by atoms with Gasteiger partial charge in [0.25, 0.3) is 0 Å². The van der Waals surface area contributed by atoms with Gasteiger partial charge in [0.1, 0.15) is 0 Å². The fourth-order valence-electron chi connectivity index (χ4n) is 3.28. The molecule has 0 saturated heterocycles. The minimum absolute atomic E-state index is 1.07. The van der Waals surface area contributed by atoms with E-state index in [0.29, 0.717) is 0 Å². The van der Waals surface area contributed by atoms with Crippen molar-refractivity contribution in [1.29, 1.82) is 0 Å². The van der Waals surface area contributed by atoms with E-state index in [4.69, 9.17) is 0 Å². The Hall–Kier alpha value is -2.28. The van der Waals surface area contributed by atoms with Gasteiger partial charge in [0, 0.05) is 28.2 Å². The summed E-state index contributed by atoms with van der Waals surface area (Å²) in [7, 11) is 0. The zero-order valence-corrected chi connectivity index (χ0v) is 11.6.